The second-order valence-corrected chi connectivity index (χ2v) is 10.2. The molecule has 0 radical (unpaired) electrons. The molecule has 4 aromatic rings. The third-order valence-electron chi connectivity index (χ3n) is 7.26. The standard InChI is InChI=1S/C26H27N3O4S.ClH/c1-32-19-7-4-8-20-22(19)17-10-13-28(14-16(17)15-33-20)11-5-12-29-25(30)24-23(27-26(29)31)18-6-2-3-9-21(18)34-24;/h2-4,6-9,16-17H,5,10-15H2,1H3,(H,27,31);1H/t16-,17+;/m1./s1. The van der Waals surface area contributed by atoms with E-state index in [0.29, 0.717) is 35.2 Å². The third kappa shape index (κ3) is 4.13. The molecule has 1 N–H and O–H groups in total. The molecule has 0 saturated carbocycles. The van der Waals surface area contributed by atoms with Gasteiger partial charge in [0.25, 0.3) is 5.56 Å². The van der Waals surface area contributed by atoms with Gasteiger partial charge in [0.15, 0.2) is 0 Å². The van der Waals surface area contributed by atoms with Gasteiger partial charge >= 0.3 is 5.69 Å². The number of ether oxygens (including phenoxy) is 2. The molecule has 0 aliphatic carbocycles. The summed E-state index contributed by atoms with van der Waals surface area (Å²) in [6, 6.07) is 13.8. The van der Waals surface area contributed by atoms with Crippen LogP contribution in [0, 0.1) is 5.92 Å². The number of halogens is 1. The minimum atomic E-state index is -0.329. The highest BCUT2D eigenvalue weighted by Gasteiger charge is 2.37. The van der Waals surface area contributed by atoms with Crippen LogP contribution in [-0.2, 0) is 6.54 Å². The van der Waals surface area contributed by atoms with Crippen molar-refractivity contribution in [3.05, 3.63) is 68.9 Å². The van der Waals surface area contributed by atoms with Gasteiger partial charge in [-0.3, -0.25) is 9.36 Å². The maximum Gasteiger partial charge on any atom is 0.328 e. The number of thiophene rings is 1. The molecule has 0 bridgehead atoms. The SMILES string of the molecule is COc1cccc2c1[C@H]1CCN(CCCn3c(=O)[nH]c4c(sc5ccccc54)c3=O)C[C@@H]1CO2.Cl. The van der Waals surface area contributed by atoms with Crippen molar-refractivity contribution in [3.8, 4) is 11.5 Å². The summed E-state index contributed by atoms with van der Waals surface area (Å²) in [6.45, 7) is 3.90. The van der Waals surface area contributed by atoms with Gasteiger partial charge in [0.1, 0.15) is 16.2 Å². The van der Waals surface area contributed by atoms with Crippen LogP contribution in [0.2, 0.25) is 0 Å². The zero-order valence-electron chi connectivity index (χ0n) is 19.5. The Morgan fingerprint density at radius 1 is 1.14 bits per heavy atom. The van der Waals surface area contributed by atoms with E-state index in [-0.39, 0.29) is 23.7 Å². The average molecular weight is 514 g/mol. The largest absolute Gasteiger partial charge is 0.496 e. The Balaban J connectivity index is 0.00000253. The lowest BCUT2D eigenvalue weighted by molar-refractivity contribution is 0.0899. The van der Waals surface area contributed by atoms with E-state index in [1.54, 1.807) is 7.11 Å². The number of piperidine rings is 1. The zero-order chi connectivity index (χ0) is 23.2. The monoisotopic (exact) mass is 513 g/mol. The summed E-state index contributed by atoms with van der Waals surface area (Å²) in [5, 5.41) is 0.930. The molecule has 2 aliphatic heterocycles. The molecule has 35 heavy (non-hydrogen) atoms. The summed E-state index contributed by atoms with van der Waals surface area (Å²) < 4.78 is 14.7. The number of aromatic amines is 1. The van der Waals surface area contributed by atoms with E-state index in [1.807, 2.05) is 42.5 Å². The zero-order valence-corrected chi connectivity index (χ0v) is 21.1. The van der Waals surface area contributed by atoms with Crippen LogP contribution in [0.15, 0.2) is 52.1 Å². The number of nitrogens with zero attached hydrogens (tertiary/aromatic N) is 2. The molecule has 2 aromatic carbocycles. The lowest BCUT2D eigenvalue weighted by Crippen LogP contribution is -2.44. The molecule has 184 valence electrons. The Kier molecular flexibility index (Phi) is 6.61. The Labute approximate surface area is 212 Å². The van der Waals surface area contributed by atoms with Crippen LogP contribution in [0.3, 0.4) is 0 Å². The maximum atomic E-state index is 13.1. The van der Waals surface area contributed by atoms with Crippen molar-refractivity contribution in [2.24, 2.45) is 5.92 Å². The minimum absolute atomic E-state index is 0. The highest BCUT2D eigenvalue weighted by atomic mass is 35.5. The molecule has 2 aromatic heterocycles. The number of hydrogen-bond donors (Lipinski definition) is 1. The molecule has 6 rings (SSSR count). The van der Waals surface area contributed by atoms with E-state index < -0.39 is 0 Å². The first-order valence-corrected chi connectivity index (χ1v) is 12.6. The van der Waals surface area contributed by atoms with Gasteiger partial charge in [-0.15, -0.1) is 23.7 Å². The Hall–Kier alpha value is -2.81. The van der Waals surface area contributed by atoms with Gasteiger partial charge < -0.3 is 19.4 Å². The number of aromatic nitrogens is 2. The Morgan fingerprint density at radius 3 is 2.86 bits per heavy atom. The number of nitrogens with one attached hydrogen (secondary N) is 1. The van der Waals surface area contributed by atoms with Crippen molar-refractivity contribution in [3.63, 3.8) is 0 Å². The van der Waals surface area contributed by atoms with Gasteiger partial charge in [-0.25, -0.2) is 4.79 Å². The molecule has 1 fully saturated rings. The number of H-pyrrole nitrogens is 1. The van der Waals surface area contributed by atoms with Gasteiger partial charge in [0, 0.05) is 34.7 Å². The first kappa shape index (κ1) is 23.9. The van der Waals surface area contributed by atoms with Crippen LogP contribution < -0.4 is 20.7 Å². The first-order valence-electron chi connectivity index (χ1n) is 11.8. The average Bonchev–Trinajstić information content (AvgIpc) is 3.24. The lowest BCUT2D eigenvalue weighted by Gasteiger charge is -2.42. The molecule has 7 nitrogen and oxygen atoms in total. The number of likely N-dealkylation sites (tertiary alicyclic amines) is 1. The maximum absolute atomic E-state index is 13.1. The van der Waals surface area contributed by atoms with Crippen LogP contribution in [0.25, 0.3) is 20.3 Å². The lowest BCUT2D eigenvalue weighted by atomic mass is 9.78. The predicted octanol–water partition coefficient (Wildman–Crippen LogP) is 4.22. The van der Waals surface area contributed by atoms with E-state index >= 15 is 0 Å². The minimum Gasteiger partial charge on any atom is -0.496 e. The summed E-state index contributed by atoms with van der Waals surface area (Å²) >= 11 is 1.44. The molecule has 2 aliphatic rings. The summed E-state index contributed by atoms with van der Waals surface area (Å²) in [5.41, 5.74) is 1.34. The van der Waals surface area contributed by atoms with Gasteiger partial charge in [-0.05, 0) is 50.0 Å². The van der Waals surface area contributed by atoms with Gasteiger partial charge in [-0.1, -0.05) is 24.3 Å². The van der Waals surface area contributed by atoms with Gasteiger partial charge in [0.05, 0.1) is 19.2 Å². The Morgan fingerprint density at radius 2 is 2.00 bits per heavy atom. The summed E-state index contributed by atoms with van der Waals surface area (Å²) in [5.74, 6) is 2.72. The highest BCUT2D eigenvalue weighted by molar-refractivity contribution is 7.25. The second kappa shape index (κ2) is 9.68. The van der Waals surface area contributed by atoms with Crippen LogP contribution in [0.4, 0.5) is 0 Å². The topological polar surface area (TPSA) is 76.6 Å². The molecule has 2 atom stereocenters. The first-order chi connectivity index (χ1) is 16.6. The molecule has 9 heteroatoms. The molecule has 0 amide bonds. The molecule has 0 unspecified atom stereocenters. The van der Waals surface area contributed by atoms with Crippen LogP contribution in [0.5, 0.6) is 11.5 Å². The van der Waals surface area contributed by atoms with Crippen LogP contribution >= 0.6 is 23.7 Å². The van der Waals surface area contributed by atoms with E-state index in [2.05, 4.69) is 9.88 Å². The number of fused-ring (bicyclic) bond motifs is 6. The van der Waals surface area contributed by atoms with E-state index in [4.69, 9.17) is 9.47 Å². The highest BCUT2D eigenvalue weighted by Crippen LogP contribution is 2.46. The number of hydrogen-bond acceptors (Lipinski definition) is 6. The third-order valence-corrected chi connectivity index (χ3v) is 8.41. The van der Waals surface area contributed by atoms with E-state index in [1.165, 1.54) is 21.5 Å². The van der Waals surface area contributed by atoms with Gasteiger partial charge in [-0.2, -0.15) is 0 Å². The predicted molar refractivity (Wildman–Crippen MR) is 142 cm³/mol. The molecular formula is C26H28ClN3O4S. The molecule has 1 saturated heterocycles. The number of rotatable bonds is 5. The quantitative estimate of drug-likeness (QED) is 0.432. The fourth-order valence-electron chi connectivity index (χ4n) is 5.61. The fourth-order valence-corrected chi connectivity index (χ4v) is 6.72. The van der Waals surface area contributed by atoms with Crippen LogP contribution in [-0.4, -0.2) is 47.8 Å². The molecule has 0 spiro atoms. The normalized spacial score (nSPS) is 19.6. The van der Waals surface area contributed by atoms with Gasteiger partial charge in [0.2, 0.25) is 0 Å². The fraction of sp³-hybridized carbons (Fsp3) is 0.385. The number of methoxy groups -OCH3 is 1. The van der Waals surface area contributed by atoms with Crippen LogP contribution in [0.1, 0.15) is 24.3 Å². The van der Waals surface area contributed by atoms with Crippen molar-refractivity contribution in [2.75, 3.05) is 33.4 Å². The molecule has 4 heterocycles. The van der Waals surface area contributed by atoms with Crippen molar-refractivity contribution in [1.29, 1.82) is 0 Å². The summed E-state index contributed by atoms with van der Waals surface area (Å²) in [7, 11) is 1.72. The molecular weight excluding hydrogens is 486 g/mol. The summed E-state index contributed by atoms with van der Waals surface area (Å²) in [4.78, 5) is 31.2. The van der Waals surface area contributed by atoms with Crippen molar-refractivity contribution >= 4 is 44.0 Å². The number of benzene rings is 2. The summed E-state index contributed by atoms with van der Waals surface area (Å²) in [6.07, 6.45) is 1.80. The Bertz CT molecular complexity index is 1480. The van der Waals surface area contributed by atoms with Crippen molar-refractivity contribution < 1.29 is 9.47 Å². The second-order valence-electron chi connectivity index (χ2n) is 9.18. The van der Waals surface area contributed by atoms with E-state index in [0.717, 1.165) is 54.1 Å². The van der Waals surface area contributed by atoms with Crippen molar-refractivity contribution in [1.82, 2.24) is 14.5 Å². The van der Waals surface area contributed by atoms with Crippen molar-refractivity contribution in [2.45, 2.75) is 25.3 Å². The smallest absolute Gasteiger partial charge is 0.328 e. The van der Waals surface area contributed by atoms with E-state index in [9.17, 15) is 9.59 Å².